The molecule has 2 rings (SSSR count). The van der Waals surface area contributed by atoms with Crippen LogP contribution in [0.3, 0.4) is 0 Å². The molecule has 0 aliphatic carbocycles. The zero-order chi connectivity index (χ0) is 11.5. The quantitative estimate of drug-likeness (QED) is 0.814. The normalized spacial score (nSPS) is 10.3. The highest BCUT2D eigenvalue weighted by Gasteiger charge is 2.12. The van der Waals surface area contributed by atoms with E-state index < -0.39 is 5.97 Å². The van der Waals surface area contributed by atoms with Gasteiger partial charge >= 0.3 is 5.97 Å². The van der Waals surface area contributed by atoms with Crippen LogP contribution in [0.1, 0.15) is 11.3 Å². The van der Waals surface area contributed by atoms with Gasteiger partial charge in [-0.1, -0.05) is 0 Å². The van der Waals surface area contributed by atoms with Crippen molar-refractivity contribution in [1.82, 2.24) is 15.2 Å². The molecule has 82 valence electrons. The van der Waals surface area contributed by atoms with Crippen LogP contribution in [0.25, 0.3) is 11.3 Å². The molecule has 0 radical (unpaired) electrons. The van der Waals surface area contributed by atoms with E-state index in [2.05, 4.69) is 15.2 Å². The van der Waals surface area contributed by atoms with Crippen LogP contribution in [-0.2, 0) is 11.2 Å². The van der Waals surface area contributed by atoms with E-state index in [1.807, 2.05) is 19.1 Å². The first-order valence-electron chi connectivity index (χ1n) is 4.84. The molecular weight excluding hydrogens is 206 g/mol. The molecule has 0 aliphatic rings. The molecule has 0 aliphatic heterocycles. The molecule has 0 atom stereocenters. The smallest absolute Gasteiger partial charge is 0.309 e. The maximum atomic E-state index is 10.6. The Morgan fingerprint density at radius 2 is 2.12 bits per heavy atom. The Kier molecular flexibility index (Phi) is 2.68. The molecule has 0 bridgehead atoms. The second-order valence-corrected chi connectivity index (χ2v) is 3.48. The third-order valence-electron chi connectivity index (χ3n) is 2.39. The number of aromatic amines is 1. The highest BCUT2D eigenvalue weighted by Crippen LogP contribution is 2.22. The molecule has 0 saturated heterocycles. The van der Waals surface area contributed by atoms with Crippen molar-refractivity contribution < 1.29 is 9.90 Å². The number of pyridine rings is 1. The molecule has 0 aromatic carbocycles. The van der Waals surface area contributed by atoms with Crippen molar-refractivity contribution in [1.29, 1.82) is 0 Å². The van der Waals surface area contributed by atoms with Crippen LogP contribution in [0.4, 0.5) is 0 Å². The van der Waals surface area contributed by atoms with Gasteiger partial charge in [0, 0.05) is 23.7 Å². The van der Waals surface area contributed by atoms with Crippen LogP contribution in [0.15, 0.2) is 24.5 Å². The summed E-state index contributed by atoms with van der Waals surface area (Å²) in [6, 6.07) is 3.68. The summed E-state index contributed by atoms with van der Waals surface area (Å²) in [5, 5.41) is 15.6. The van der Waals surface area contributed by atoms with Crippen molar-refractivity contribution in [2.75, 3.05) is 0 Å². The van der Waals surface area contributed by atoms with Crippen LogP contribution >= 0.6 is 0 Å². The lowest BCUT2D eigenvalue weighted by atomic mass is 10.1. The van der Waals surface area contributed by atoms with Crippen molar-refractivity contribution in [3.8, 4) is 11.3 Å². The number of H-pyrrole nitrogens is 1. The molecule has 0 unspecified atom stereocenters. The fraction of sp³-hybridized carbons (Fsp3) is 0.182. The van der Waals surface area contributed by atoms with Crippen molar-refractivity contribution in [3.05, 3.63) is 35.8 Å². The van der Waals surface area contributed by atoms with E-state index in [9.17, 15) is 4.79 Å². The number of hydrogen-bond donors (Lipinski definition) is 2. The Morgan fingerprint density at radius 1 is 1.44 bits per heavy atom. The zero-order valence-electron chi connectivity index (χ0n) is 8.77. The Labute approximate surface area is 92.2 Å². The number of aromatic nitrogens is 3. The third-order valence-corrected chi connectivity index (χ3v) is 2.39. The first kappa shape index (κ1) is 10.4. The highest BCUT2D eigenvalue weighted by molar-refractivity contribution is 5.72. The van der Waals surface area contributed by atoms with E-state index in [-0.39, 0.29) is 6.42 Å². The molecule has 5 nitrogen and oxygen atoms in total. The molecular formula is C11H11N3O2. The maximum Gasteiger partial charge on any atom is 0.309 e. The summed E-state index contributed by atoms with van der Waals surface area (Å²) >= 11 is 0. The summed E-state index contributed by atoms with van der Waals surface area (Å²) in [6.45, 7) is 1.86. The summed E-state index contributed by atoms with van der Waals surface area (Å²) < 4.78 is 0. The number of carboxylic acid groups (broad SMARTS) is 1. The molecule has 0 amide bonds. The summed E-state index contributed by atoms with van der Waals surface area (Å²) in [7, 11) is 0. The number of rotatable bonds is 3. The molecule has 5 heteroatoms. The molecule has 0 fully saturated rings. The first-order valence-corrected chi connectivity index (χ1v) is 4.84. The van der Waals surface area contributed by atoms with Gasteiger partial charge < -0.3 is 5.11 Å². The number of nitrogens with one attached hydrogen (secondary N) is 1. The van der Waals surface area contributed by atoms with Crippen LogP contribution in [0.2, 0.25) is 0 Å². The van der Waals surface area contributed by atoms with E-state index in [4.69, 9.17) is 5.11 Å². The van der Waals surface area contributed by atoms with Crippen molar-refractivity contribution in [2.45, 2.75) is 13.3 Å². The first-order chi connectivity index (χ1) is 7.68. The van der Waals surface area contributed by atoms with E-state index in [0.29, 0.717) is 5.69 Å². The van der Waals surface area contributed by atoms with Crippen molar-refractivity contribution in [2.24, 2.45) is 0 Å². The lowest BCUT2D eigenvalue weighted by Crippen LogP contribution is -2.01. The minimum absolute atomic E-state index is 0.0378. The van der Waals surface area contributed by atoms with E-state index in [1.165, 1.54) is 0 Å². The van der Waals surface area contributed by atoms with Crippen LogP contribution in [0.5, 0.6) is 0 Å². The number of carbonyl (C=O) groups is 1. The Bertz CT molecular complexity index is 505. The molecule has 2 aromatic heterocycles. The van der Waals surface area contributed by atoms with Gasteiger partial charge in [-0.2, -0.15) is 5.10 Å². The van der Waals surface area contributed by atoms with Gasteiger partial charge in [-0.05, 0) is 24.6 Å². The second kappa shape index (κ2) is 4.14. The van der Waals surface area contributed by atoms with Crippen LogP contribution in [-0.4, -0.2) is 26.3 Å². The molecule has 2 aromatic rings. The summed E-state index contributed by atoms with van der Waals surface area (Å²) in [6.07, 6.45) is 3.32. The predicted molar refractivity (Wildman–Crippen MR) is 57.9 cm³/mol. The van der Waals surface area contributed by atoms with Crippen LogP contribution < -0.4 is 0 Å². The Balaban J connectivity index is 2.37. The molecule has 16 heavy (non-hydrogen) atoms. The van der Waals surface area contributed by atoms with Gasteiger partial charge in [0.1, 0.15) is 0 Å². The number of carboxylic acids is 1. The van der Waals surface area contributed by atoms with Crippen molar-refractivity contribution >= 4 is 5.97 Å². The average Bonchev–Trinajstić information content (AvgIpc) is 2.61. The Morgan fingerprint density at radius 3 is 2.75 bits per heavy atom. The second-order valence-electron chi connectivity index (χ2n) is 3.48. The standard InChI is InChI=1S/C11H11N3O2/c1-7-9(6-10(15)16)13-14-11(7)8-2-4-12-5-3-8/h2-5H,6H2,1H3,(H,13,14)(H,15,16). The van der Waals surface area contributed by atoms with Gasteiger partial charge in [0.2, 0.25) is 0 Å². The molecule has 2 heterocycles. The lowest BCUT2D eigenvalue weighted by Gasteiger charge is -1.98. The zero-order valence-corrected chi connectivity index (χ0v) is 8.77. The Hall–Kier alpha value is -2.17. The minimum atomic E-state index is -0.868. The van der Waals surface area contributed by atoms with Gasteiger partial charge in [-0.25, -0.2) is 0 Å². The number of hydrogen-bond acceptors (Lipinski definition) is 3. The fourth-order valence-corrected chi connectivity index (χ4v) is 1.55. The maximum absolute atomic E-state index is 10.6. The summed E-state index contributed by atoms with van der Waals surface area (Å²) in [4.78, 5) is 14.5. The molecule has 0 saturated carbocycles. The van der Waals surface area contributed by atoms with Gasteiger partial charge in [0.05, 0.1) is 12.1 Å². The number of aliphatic carboxylic acids is 1. The summed E-state index contributed by atoms with van der Waals surface area (Å²) in [5.74, 6) is -0.868. The topological polar surface area (TPSA) is 78.9 Å². The van der Waals surface area contributed by atoms with Gasteiger partial charge in [0.15, 0.2) is 0 Å². The van der Waals surface area contributed by atoms with E-state index in [0.717, 1.165) is 16.8 Å². The summed E-state index contributed by atoms with van der Waals surface area (Å²) in [5.41, 5.74) is 3.21. The van der Waals surface area contributed by atoms with Gasteiger partial charge in [-0.3, -0.25) is 14.9 Å². The molecule has 2 N–H and O–H groups in total. The third kappa shape index (κ3) is 1.93. The predicted octanol–water partition coefficient (Wildman–Crippen LogP) is 1.41. The van der Waals surface area contributed by atoms with E-state index in [1.54, 1.807) is 12.4 Å². The van der Waals surface area contributed by atoms with Gasteiger partial charge in [0.25, 0.3) is 0 Å². The van der Waals surface area contributed by atoms with Crippen LogP contribution in [0, 0.1) is 6.92 Å². The monoisotopic (exact) mass is 217 g/mol. The lowest BCUT2D eigenvalue weighted by molar-refractivity contribution is -0.136. The SMILES string of the molecule is Cc1c(-c2ccncc2)n[nH]c1CC(=O)O. The minimum Gasteiger partial charge on any atom is -0.481 e. The average molecular weight is 217 g/mol. The van der Waals surface area contributed by atoms with E-state index >= 15 is 0 Å². The highest BCUT2D eigenvalue weighted by atomic mass is 16.4. The van der Waals surface area contributed by atoms with Gasteiger partial charge in [-0.15, -0.1) is 0 Å². The molecule has 0 spiro atoms. The largest absolute Gasteiger partial charge is 0.481 e. The number of nitrogens with zero attached hydrogens (tertiary/aromatic N) is 2. The fourth-order valence-electron chi connectivity index (χ4n) is 1.55. The van der Waals surface area contributed by atoms with Crippen molar-refractivity contribution in [3.63, 3.8) is 0 Å².